The molecule has 0 N–H and O–H groups in total. The van der Waals surface area contributed by atoms with Gasteiger partial charge in [-0.05, 0) is 35.0 Å². The molecule has 0 bridgehead atoms. The molecule has 3 nitrogen and oxygen atoms in total. The van der Waals surface area contributed by atoms with Crippen LogP contribution in [-0.2, 0) is 0 Å². The Labute approximate surface area is 103 Å². The van der Waals surface area contributed by atoms with Crippen molar-refractivity contribution in [3.8, 4) is 5.75 Å². The minimum atomic E-state index is -4.86. The molecule has 7 heteroatoms. The van der Waals surface area contributed by atoms with E-state index in [1.807, 2.05) is 0 Å². The Morgan fingerprint density at radius 3 is 2.41 bits per heavy atom. The van der Waals surface area contributed by atoms with Crippen LogP contribution in [0.25, 0.3) is 0 Å². The molecule has 0 heterocycles. The van der Waals surface area contributed by atoms with Crippen molar-refractivity contribution in [1.82, 2.24) is 0 Å². The fourth-order valence-corrected chi connectivity index (χ4v) is 1.60. The normalized spacial score (nSPS) is 11.1. The molecule has 0 radical (unpaired) electrons. The molecule has 92 valence electrons. The largest absolute Gasteiger partial charge is 0.573 e. The minimum Gasteiger partial charge on any atom is -0.405 e. The second kappa shape index (κ2) is 4.87. The summed E-state index contributed by atoms with van der Waals surface area (Å²) in [5.41, 5.74) is -0.124. The molecule has 0 fully saturated rings. The summed E-state index contributed by atoms with van der Waals surface area (Å²) in [5, 5.41) is 0. The molecule has 17 heavy (non-hydrogen) atoms. The Morgan fingerprint density at radius 2 is 2.00 bits per heavy atom. The van der Waals surface area contributed by atoms with Crippen LogP contribution in [0.5, 0.6) is 5.75 Å². The molecule has 0 saturated heterocycles. The van der Waals surface area contributed by atoms with Crippen LogP contribution in [0.3, 0.4) is 0 Å². The van der Waals surface area contributed by atoms with Gasteiger partial charge in [0.2, 0.25) is 0 Å². The summed E-state index contributed by atoms with van der Waals surface area (Å²) >= 11 is 2.84. The summed E-state index contributed by atoms with van der Waals surface area (Å²) in [6.07, 6.45) is -4.56. The zero-order chi connectivity index (χ0) is 13.2. The standard InChI is InChI=1S/C10H6BrF3O3/c1-5(16)7-3-8(11)9(2-6(7)4-15)17-10(12,13)14/h2-4H,1H3. The number of carbonyl (C=O) groups is 2. The molecule has 0 aromatic heterocycles. The van der Waals surface area contributed by atoms with E-state index in [-0.39, 0.29) is 15.6 Å². The molecule has 0 unspecified atom stereocenters. The fourth-order valence-electron chi connectivity index (χ4n) is 1.17. The summed E-state index contributed by atoms with van der Waals surface area (Å²) < 4.78 is 39.7. The molecule has 1 aromatic carbocycles. The van der Waals surface area contributed by atoms with Gasteiger partial charge in [0.25, 0.3) is 0 Å². The highest BCUT2D eigenvalue weighted by molar-refractivity contribution is 9.10. The number of Topliss-reactive ketones (excluding diaryl/α,β-unsaturated/α-hetero) is 1. The molecule has 1 rings (SSSR count). The van der Waals surface area contributed by atoms with Crippen molar-refractivity contribution in [3.05, 3.63) is 27.7 Å². The lowest BCUT2D eigenvalue weighted by Gasteiger charge is -2.12. The molecule has 1 aromatic rings. The average molecular weight is 311 g/mol. The van der Waals surface area contributed by atoms with Crippen LogP contribution in [0.2, 0.25) is 0 Å². The van der Waals surface area contributed by atoms with Crippen LogP contribution >= 0.6 is 15.9 Å². The van der Waals surface area contributed by atoms with E-state index in [1.165, 1.54) is 6.92 Å². The number of aldehydes is 1. The van der Waals surface area contributed by atoms with Crippen molar-refractivity contribution < 1.29 is 27.5 Å². The maximum absolute atomic E-state index is 12.0. The maximum atomic E-state index is 12.0. The predicted octanol–water partition coefficient (Wildman–Crippen LogP) is 3.36. The highest BCUT2D eigenvalue weighted by Gasteiger charge is 2.32. The summed E-state index contributed by atoms with van der Waals surface area (Å²) in [4.78, 5) is 21.8. The summed E-state index contributed by atoms with van der Waals surface area (Å²) in [7, 11) is 0. The highest BCUT2D eigenvalue weighted by Crippen LogP contribution is 2.32. The Hall–Kier alpha value is -1.37. The maximum Gasteiger partial charge on any atom is 0.573 e. The summed E-state index contributed by atoms with van der Waals surface area (Å²) in [6, 6.07) is 1.98. The highest BCUT2D eigenvalue weighted by atomic mass is 79.9. The zero-order valence-corrected chi connectivity index (χ0v) is 10.1. The second-order valence-corrected chi connectivity index (χ2v) is 3.95. The number of benzene rings is 1. The lowest BCUT2D eigenvalue weighted by Crippen LogP contribution is -2.18. The number of carbonyl (C=O) groups excluding carboxylic acids is 2. The van der Waals surface area contributed by atoms with Gasteiger partial charge in [-0.25, -0.2) is 0 Å². The molecular formula is C10H6BrF3O3. The minimum absolute atomic E-state index is 0.0291. The van der Waals surface area contributed by atoms with E-state index in [0.717, 1.165) is 12.1 Å². The van der Waals surface area contributed by atoms with Gasteiger partial charge in [-0.2, -0.15) is 0 Å². The lowest BCUT2D eigenvalue weighted by molar-refractivity contribution is -0.274. The quantitative estimate of drug-likeness (QED) is 0.635. The number of alkyl halides is 3. The van der Waals surface area contributed by atoms with Crippen molar-refractivity contribution >= 4 is 28.0 Å². The van der Waals surface area contributed by atoms with Crippen LogP contribution < -0.4 is 4.74 Å². The van der Waals surface area contributed by atoms with Gasteiger partial charge in [-0.15, -0.1) is 13.2 Å². The van der Waals surface area contributed by atoms with Crippen LogP contribution in [0.1, 0.15) is 27.6 Å². The number of ether oxygens (including phenoxy) is 1. The monoisotopic (exact) mass is 310 g/mol. The molecule has 0 aliphatic rings. The first-order valence-corrected chi connectivity index (χ1v) is 5.09. The third kappa shape index (κ3) is 3.55. The van der Waals surface area contributed by atoms with Gasteiger partial charge in [-0.3, -0.25) is 9.59 Å². The van der Waals surface area contributed by atoms with Gasteiger partial charge < -0.3 is 4.74 Å². The van der Waals surface area contributed by atoms with E-state index in [1.54, 1.807) is 0 Å². The molecule has 0 saturated carbocycles. The Kier molecular flexibility index (Phi) is 3.92. The van der Waals surface area contributed by atoms with Gasteiger partial charge in [0.05, 0.1) is 4.47 Å². The van der Waals surface area contributed by atoms with E-state index in [4.69, 9.17) is 0 Å². The lowest BCUT2D eigenvalue weighted by atomic mass is 10.1. The van der Waals surface area contributed by atoms with Gasteiger partial charge >= 0.3 is 6.36 Å². The van der Waals surface area contributed by atoms with E-state index >= 15 is 0 Å². The van der Waals surface area contributed by atoms with E-state index in [9.17, 15) is 22.8 Å². The number of hydrogen-bond donors (Lipinski definition) is 0. The van der Waals surface area contributed by atoms with Crippen molar-refractivity contribution in [1.29, 1.82) is 0 Å². The third-order valence-electron chi connectivity index (χ3n) is 1.84. The van der Waals surface area contributed by atoms with Crippen LogP contribution in [0.15, 0.2) is 16.6 Å². The smallest absolute Gasteiger partial charge is 0.405 e. The Bertz CT molecular complexity index is 469. The molecule has 0 spiro atoms. The first-order valence-electron chi connectivity index (χ1n) is 4.30. The Morgan fingerprint density at radius 1 is 1.41 bits per heavy atom. The fraction of sp³-hybridized carbons (Fsp3) is 0.200. The molecule has 0 aliphatic heterocycles. The van der Waals surface area contributed by atoms with E-state index < -0.39 is 17.9 Å². The van der Waals surface area contributed by atoms with Crippen molar-refractivity contribution in [2.45, 2.75) is 13.3 Å². The van der Waals surface area contributed by atoms with Crippen molar-refractivity contribution in [3.63, 3.8) is 0 Å². The van der Waals surface area contributed by atoms with Crippen LogP contribution in [0.4, 0.5) is 13.2 Å². The number of hydrogen-bond acceptors (Lipinski definition) is 3. The van der Waals surface area contributed by atoms with Gasteiger partial charge in [-0.1, -0.05) is 0 Å². The average Bonchev–Trinajstić information content (AvgIpc) is 2.18. The number of rotatable bonds is 3. The second-order valence-electron chi connectivity index (χ2n) is 3.09. The first-order chi connectivity index (χ1) is 7.74. The summed E-state index contributed by atoms with van der Waals surface area (Å²) in [5.74, 6) is -0.990. The predicted molar refractivity (Wildman–Crippen MR) is 56.2 cm³/mol. The zero-order valence-electron chi connectivity index (χ0n) is 8.47. The number of ketones is 1. The van der Waals surface area contributed by atoms with Gasteiger partial charge in [0, 0.05) is 11.1 Å². The molecule has 0 atom stereocenters. The first kappa shape index (κ1) is 13.7. The third-order valence-corrected chi connectivity index (χ3v) is 2.46. The van der Waals surface area contributed by atoms with E-state index in [0.29, 0.717) is 6.29 Å². The van der Waals surface area contributed by atoms with Crippen LogP contribution in [0, 0.1) is 0 Å². The summed E-state index contributed by atoms with van der Waals surface area (Å²) in [6.45, 7) is 1.21. The van der Waals surface area contributed by atoms with E-state index in [2.05, 4.69) is 20.7 Å². The SMILES string of the molecule is CC(=O)c1cc(Br)c(OC(F)(F)F)cc1C=O. The molecular weight excluding hydrogens is 305 g/mol. The molecule has 0 amide bonds. The molecule has 0 aliphatic carbocycles. The Balaban J connectivity index is 3.27. The van der Waals surface area contributed by atoms with Crippen molar-refractivity contribution in [2.75, 3.05) is 0 Å². The van der Waals surface area contributed by atoms with Gasteiger partial charge in [0.15, 0.2) is 12.1 Å². The number of halogens is 4. The van der Waals surface area contributed by atoms with Crippen molar-refractivity contribution in [2.24, 2.45) is 0 Å². The van der Waals surface area contributed by atoms with Crippen LogP contribution in [-0.4, -0.2) is 18.4 Å². The van der Waals surface area contributed by atoms with Gasteiger partial charge in [0.1, 0.15) is 5.75 Å². The topological polar surface area (TPSA) is 43.4 Å².